The number of hydrogen-bond acceptors (Lipinski definition) is 4. The molecular weight excluding hydrogens is 265 g/mol. The van der Waals surface area contributed by atoms with Crippen LogP contribution in [0.2, 0.25) is 0 Å². The van der Waals surface area contributed by atoms with E-state index < -0.39 is 6.36 Å². The first kappa shape index (κ1) is 12.7. The SMILES string of the molecule is FC(F)(F)Oc1ccc(CNc2nccs2)cc1. The lowest BCUT2D eigenvalue weighted by molar-refractivity contribution is -0.274. The zero-order valence-electron chi connectivity index (χ0n) is 9.07. The minimum atomic E-state index is -4.65. The van der Waals surface area contributed by atoms with Gasteiger partial charge in [-0.3, -0.25) is 0 Å². The van der Waals surface area contributed by atoms with Crippen molar-refractivity contribution in [2.24, 2.45) is 0 Å². The Balaban J connectivity index is 1.91. The molecule has 0 amide bonds. The number of benzene rings is 1. The number of aromatic nitrogens is 1. The minimum Gasteiger partial charge on any atom is -0.406 e. The Morgan fingerprint density at radius 1 is 1.22 bits per heavy atom. The molecule has 0 unspecified atom stereocenters. The number of nitrogens with one attached hydrogen (secondary N) is 1. The van der Waals surface area contributed by atoms with E-state index in [1.54, 1.807) is 18.3 Å². The van der Waals surface area contributed by atoms with Crippen LogP contribution in [0.4, 0.5) is 18.3 Å². The topological polar surface area (TPSA) is 34.1 Å². The average molecular weight is 274 g/mol. The summed E-state index contributed by atoms with van der Waals surface area (Å²) < 4.78 is 39.6. The smallest absolute Gasteiger partial charge is 0.406 e. The van der Waals surface area contributed by atoms with E-state index >= 15 is 0 Å². The second-order valence-corrected chi connectivity index (χ2v) is 4.28. The summed E-state index contributed by atoms with van der Waals surface area (Å²) in [5.41, 5.74) is 0.847. The monoisotopic (exact) mass is 274 g/mol. The van der Waals surface area contributed by atoms with Gasteiger partial charge < -0.3 is 10.1 Å². The van der Waals surface area contributed by atoms with Crippen molar-refractivity contribution < 1.29 is 17.9 Å². The molecule has 3 nitrogen and oxygen atoms in total. The zero-order valence-corrected chi connectivity index (χ0v) is 9.89. The summed E-state index contributed by atoms with van der Waals surface area (Å²) in [6.07, 6.45) is -2.98. The molecule has 0 aliphatic rings. The third-order valence-corrected chi connectivity index (χ3v) is 2.76. The van der Waals surface area contributed by atoms with Gasteiger partial charge in [-0.2, -0.15) is 0 Å². The molecule has 0 saturated carbocycles. The molecular formula is C11H9F3N2OS. The van der Waals surface area contributed by atoms with Crippen LogP contribution in [0.1, 0.15) is 5.56 Å². The van der Waals surface area contributed by atoms with Gasteiger partial charge in [-0.1, -0.05) is 12.1 Å². The molecule has 18 heavy (non-hydrogen) atoms. The number of alkyl halides is 3. The number of hydrogen-bond donors (Lipinski definition) is 1. The normalized spacial score (nSPS) is 11.3. The molecule has 0 fully saturated rings. The van der Waals surface area contributed by atoms with Crippen LogP contribution in [0.5, 0.6) is 5.75 Å². The van der Waals surface area contributed by atoms with E-state index in [0.717, 1.165) is 10.7 Å². The molecule has 0 atom stereocenters. The van der Waals surface area contributed by atoms with Crippen LogP contribution in [-0.2, 0) is 6.54 Å². The quantitative estimate of drug-likeness (QED) is 0.924. The van der Waals surface area contributed by atoms with E-state index in [1.165, 1.54) is 23.5 Å². The Morgan fingerprint density at radius 3 is 2.50 bits per heavy atom. The molecule has 1 aromatic heterocycles. The van der Waals surface area contributed by atoms with E-state index in [2.05, 4.69) is 15.0 Å². The lowest BCUT2D eigenvalue weighted by atomic mass is 10.2. The van der Waals surface area contributed by atoms with E-state index in [0.29, 0.717) is 6.54 Å². The molecule has 1 aromatic carbocycles. The summed E-state index contributed by atoms with van der Waals surface area (Å²) in [5, 5.41) is 5.66. The molecule has 1 heterocycles. The van der Waals surface area contributed by atoms with Gasteiger partial charge in [0, 0.05) is 18.1 Å². The highest BCUT2D eigenvalue weighted by Crippen LogP contribution is 2.23. The first-order valence-electron chi connectivity index (χ1n) is 5.01. The van der Waals surface area contributed by atoms with Gasteiger partial charge in [-0.25, -0.2) is 4.98 Å². The summed E-state index contributed by atoms with van der Waals surface area (Å²) in [4.78, 5) is 4.03. The maximum atomic E-state index is 11.9. The number of nitrogens with zero attached hydrogens (tertiary/aromatic N) is 1. The second kappa shape index (κ2) is 5.26. The van der Waals surface area contributed by atoms with Gasteiger partial charge in [-0.15, -0.1) is 24.5 Å². The lowest BCUT2D eigenvalue weighted by Crippen LogP contribution is -2.17. The highest BCUT2D eigenvalue weighted by Gasteiger charge is 2.30. The van der Waals surface area contributed by atoms with Crippen LogP contribution in [0.25, 0.3) is 0 Å². The van der Waals surface area contributed by atoms with Gasteiger partial charge >= 0.3 is 6.36 Å². The number of thiazole rings is 1. The highest BCUT2D eigenvalue weighted by molar-refractivity contribution is 7.13. The van der Waals surface area contributed by atoms with Crippen molar-refractivity contribution >= 4 is 16.5 Å². The van der Waals surface area contributed by atoms with E-state index in [4.69, 9.17) is 0 Å². The van der Waals surface area contributed by atoms with Crippen LogP contribution >= 0.6 is 11.3 Å². The standard InChI is InChI=1S/C11H9F3N2OS/c12-11(13,14)17-9-3-1-8(2-4-9)7-16-10-15-5-6-18-10/h1-6H,7H2,(H,15,16). The second-order valence-electron chi connectivity index (χ2n) is 3.38. The van der Waals surface area contributed by atoms with Crippen molar-refractivity contribution in [3.05, 3.63) is 41.4 Å². The molecule has 7 heteroatoms. The lowest BCUT2D eigenvalue weighted by Gasteiger charge is -2.09. The predicted octanol–water partition coefficient (Wildman–Crippen LogP) is 3.65. The first-order valence-corrected chi connectivity index (χ1v) is 5.89. The number of halogens is 3. The van der Waals surface area contributed by atoms with Gasteiger partial charge in [0.05, 0.1) is 0 Å². The Morgan fingerprint density at radius 2 is 1.94 bits per heavy atom. The van der Waals surface area contributed by atoms with Crippen molar-refractivity contribution in [2.45, 2.75) is 12.9 Å². The Hall–Kier alpha value is -1.76. The maximum absolute atomic E-state index is 11.9. The predicted molar refractivity (Wildman–Crippen MR) is 62.6 cm³/mol. The molecule has 2 aromatic rings. The van der Waals surface area contributed by atoms with E-state index in [9.17, 15) is 13.2 Å². The summed E-state index contributed by atoms with van der Waals surface area (Å²) in [6.45, 7) is 0.500. The fourth-order valence-electron chi connectivity index (χ4n) is 1.30. The van der Waals surface area contributed by atoms with Gasteiger partial charge in [-0.05, 0) is 17.7 Å². The van der Waals surface area contributed by atoms with Crippen LogP contribution in [-0.4, -0.2) is 11.3 Å². The van der Waals surface area contributed by atoms with Crippen molar-refractivity contribution in [3.8, 4) is 5.75 Å². The molecule has 1 N–H and O–H groups in total. The van der Waals surface area contributed by atoms with Crippen LogP contribution in [0, 0.1) is 0 Å². The third kappa shape index (κ3) is 3.92. The maximum Gasteiger partial charge on any atom is 0.573 e. The summed E-state index contributed by atoms with van der Waals surface area (Å²) >= 11 is 1.46. The van der Waals surface area contributed by atoms with Gasteiger partial charge in [0.1, 0.15) is 5.75 Å². The molecule has 0 bridgehead atoms. The van der Waals surface area contributed by atoms with Gasteiger partial charge in [0.2, 0.25) is 0 Å². The van der Waals surface area contributed by atoms with Crippen LogP contribution < -0.4 is 10.1 Å². The fraction of sp³-hybridized carbons (Fsp3) is 0.182. The number of anilines is 1. The van der Waals surface area contributed by atoms with Crippen molar-refractivity contribution in [3.63, 3.8) is 0 Å². The van der Waals surface area contributed by atoms with E-state index in [1.807, 2.05) is 5.38 Å². The Bertz CT molecular complexity index is 482. The Kier molecular flexibility index (Phi) is 3.71. The van der Waals surface area contributed by atoms with Gasteiger partial charge in [0.25, 0.3) is 0 Å². The third-order valence-electron chi connectivity index (χ3n) is 2.03. The van der Waals surface area contributed by atoms with Crippen LogP contribution in [0.15, 0.2) is 35.8 Å². The van der Waals surface area contributed by atoms with Crippen molar-refractivity contribution in [1.82, 2.24) is 4.98 Å². The molecule has 0 saturated heterocycles. The number of ether oxygens (including phenoxy) is 1. The molecule has 0 spiro atoms. The minimum absolute atomic E-state index is 0.222. The summed E-state index contributed by atoms with van der Waals surface area (Å²) in [5.74, 6) is -0.222. The number of rotatable bonds is 4. The average Bonchev–Trinajstić information content (AvgIpc) is 2.79. The molecule has 2 rings (SSSR count). The first-order chi connectivity index (χ1) is 8.53. The summed E-state index contributed by atoms with van der Waals surface area (Å²) in [7, 11) is 0. The van der Waals surface area contributed by atoms with Gasteiger partial charge in [0.15, 0.2) is 5.13 Å². The van der Waals surface area contributed by atoms with Crippen molar-refractivity contribution in [1.29, 1.82) is 0 Å². The fourth-order valence-corrected chi connectivity index (χ4v) is 1.83. The van der Waals surface area contributed by atoms with Crippen molar-refractivity contribution in [2.75, 3.05) is 5.32 Å². The zero-order chi connectivity index (χ0) is 13.0. The molecule has 0 aliphatic heterocycles. The molecule has 96 valence electrons. The largest absolute Gasteiger partial charge is 0.573 e. The Labute approximate surface area is 105 Å². The van der Waals surface area contributed by atoms with E-state index in [-0.39, 0.29) is 5.75 Å². The molecule has 0 radical (unpaired) electrons. The summed E-state index contributed by atoms with van der Waals surface area (Å²) in [6, 6.07) is 5.71. The molecule has 0 aliphatic carbocycles. The van der Waals surface area contributed by atoms with Crippen LogP contribution in [0.3, 0.4) is 0 Å². The highest BCUT2D eigenvalue weighted by atomic mass is 32.1.